The number of ether oxygens (including phenoxy) is 1. The largest absolute Gasteiger partial charge is 0.508 e. The fourth-order valence-electron chi connectivity index (χ4n) is 8.61. The molecule has 238 valence electrons. The highest BCUT2D eigenvalue weighted by Gasteiger charge is 2.49. The molecule has 4 heterocycles. The summed E-state index contributed by atoms with van der Waals surface area (Å²) in [6.07, 6.45) is 10.0. The van der Waals surface area contributed by atoms with Gasteiger partial charge in [-0.25, -0.2) is 13.2 Å². The Hall–Kier alpha value is -4.07. The summed E-state index contributed by atoms with van der Waals surface area (Å²) in [5, 5.41) is 21.8. The number of rotatable bonds is 5. The van der Waals surface area contributed by atoms with Crippen LogP contribution in [0.1, 0.15) is 50.5 Å². The van der Waals surface area contributed by atoms with Crippen LogP contribution in [-0.4, -0.2) is 75.7 Å². The molecular weight excluding hydrogens is 593 g/mol. The van der Waals surface area contributed by atoms with Crippen LogP contribution in [0.15, 0.2) is 36.4 Å². The SMILES string of the molecule is C#Cc1c(F)ccc2cc(O)cc(-c3ccc4c(N5CCC6(CC5)CC(O)C6)nc(OCC56CCCN5CC(F)C6)nc4c3F)c12. The molecule has 8 rings (SSSR count). The van der Waals surface area contributed by atoms with E-state index in [0.717, 1.165) is 45.1 Å². The molecule has 1 aliphatic carbocycles. The molecule has 2 atom stereocenters. The molecule has 3 aliphatic heterocycles. The van der Waals surface area contributed by atoms with Crippen LogP contribution in [0.25, 0.3) is 32.8 Å². The van der Waals surface area contributed by atoms with Crippen LogP contribution in [0.5, 0.6) is 11.8 Å². The minimum atomic E-state index is -0.919. The van der Waals surface area contributed by atoms with Gasteiger partial charge in [0.15, 0.2) is 5.82 Å². The molecule has 2 N–H and O–H groups in total. The third-order valence-corrected chi connectivity index (χ3v) is 10.9. The lowest BCUT2D eigenvalue weighted by atomic mass is 9.61. The van der Waals surface area contributed by atoms with Crippen molar-refractivity contribution in [2.45, 2.75) is 62.8 Å². The Morgan fingerprint density at radius 2 is 1.80 bits per heavy atom. The number of aliphatic hydroxyl groups is 1. The zero-order valence-electron chi connectivity index (χ0n) is 25.4. The van der Waals surface area contributed by atoms with Crippen molar-refractivity contribution < 1.29 is 28.1 Å². The summed E-state index contributed by atoms with van der Waals surface area (Å²) < 4.78 is 52.4. The Morgan fingerprint density at radius 1 is 1.00 bits per heavy atom. The maximum Gasteiger partial charge on any atom is 0.319 e. The first kappa shape index (κ1) is 29.3. The summed E-state index contributed by atoms with van der Waals surface area (Å²) in [5.74, 6) is 1.53. The van der Waals surface area contributed by atoms with Crippen LogP contribution in [0.4, 0.5) is 19.0 Å². The van der Waals surface area contributed by atoms with Gasteiger partial charge >= 0.3 is 6.01 Å². The average molecular weight is 629 g/mol. The van der Waals surface area contributed by atoms with Crippen molar-refractivity contribution in [3.8, 4) is 35.2 Å². The van der Waals surface area contributed by atoms with Gasteiger partial charge in [0.2, 0.25) is 0 Å². The Labute approximate surface area is 265 Å². The summed E-state index contributed by atoms with van der Waals surface area (Å²) in [4.78, 5) is 13.7. The first-order valence-electron chi connectivity index (χ1n) is 16.0. The topological polar surface area (TPSA) is 82.0 Å². The summed E-state index contributed by atoms with van der Waals surface area (Å²) in [7, 11) is 0. The number of phenolic OH excluding ortho intramolecular Hbond substituents is 1. The van der Waals surface area contributed by atoms with Crippen LogP contribution in [-0.2, 0) is 0 Å². The van der Waals surface area contributed by atoms with Gasteiger partial charge in [0.25, 0.3) is 0 Å². The number of aliphatic hydroxyl groups excluding tert-OH is 1. The van der Waals surface area contributed by atoms with E-state index in [-0.39, 0.29) is 52.1 Å². The van der Waals surface area contributed by atoms with Crippen molar-refractivity contribution in [3.05, 3.63) is 53.6 Å². The molecule has 7 nitrogen and oxygen atoms in total. The molecule has 3 aromatic carbocycles. The Morgan fingerprint density at radius 3 is 2.57 bits per heavy atom. The van der Waals surface area contributed by atoms with E-state index in [0.29, 0.717) is 48.0 Å². The minimum absolute atomic E-state index is 0.0116. The van der Waals surface area contributed by atoms with Crippen LogP contribution in [0.3, 0.4) is 0 Å². The Bertz CT molecular complexity index is 1910. The molecular formula is C36H35F3N4O3. The predicted octanol–water partition coefficient (Wildman–Crippen LogP) is 6.11. The highest BCUT2D eigenvalue weighted by molar-refractivity contribution is 6.04. The van der Waals surface area contributed by atoms with Gasteiger partial charge in [-0.2, -0.15) is 9.97 Å². The monoisotopic (exact) mass is 628 g/mol. The van der Waals surface area contributed by atoms with Gasteiger partial charge in [-0.15, -0.1) is 6.42 Å². The number of halogens is 3. The summed E-state index contributed by atoms with van der Waals surface area (Å²) in [5.41, 5.74) is 0.0512. The number of aromatic hydroxyl groups is 1. The number of nitrogens with zero attached hydrogens (tertiary/aromatic N) is 4. The normalized spacial score (nSPS) is 24.4. The van der Waals surface area contributed by atoms with Gasteiger partial charge in [0, 0.05) is 42.4 Å². The summed E-state index contributed by atoms with van der Waals surface area (Å²) in [6, 6.07) is 8.92. The maximum atomic E-state index is 16.8. The van der Waals surface area contributed by atoms with E-state index >= 15 is 4.39 Å². The number of alkyl halides is 1. The van der Waals surface area contributed by atoms with Gasteiger partial charge in [-0.05, 0) is 85.7 Å². The van der Waals surface area contributed by atoms with E-state index in [1.54, 1.807) is 12.1 Å². The zero-order valence-corrected chi connectivity index (χ0v) is 25.4. The fraction of sp³-hybridized carbons (Fsp3) is 0.444. The molecule has 1 spiro atoms. The smallest absolute Gasteiger partial charge is 0.319 e. The molecule has 0 bridgehead atoms. The molecule has 0 amide bonds. The molecule has 2 unspecified atom stereocenters. The second-order valence-corrected chi connectivity index (χ2v) is 13.7. The first-order chi connectivity index (χ1) is 22.2. The number of terminal acetylenes is 1. The lowest BCUT2D eigenvalue weighted by Crippen LogP contribution is -2.49. The molecule has 4 aromatic rings. The van der Waals surface area contributed by atoms with Gasteiger partial charge in [0.1, 0.15) is 35.7 Å². The molecule has 3 saturated heterocycles. The lowest BCUT2D eigenvalue weighted by molar-refractivity contribution is -0.0464. The molecule has 46 heavy (non-hydrogen) atoms. The first-order valence-corrected chi connectivity index (χ1v) is 16.0. The zero-order chi connectivity index (χ0) is 31.8. The van der Waals surface area contributed by atoms with Gasteiger partial charge in [-0.1, -0.05) is 18.1 Å². The number of hydrogen-bond acceptors (Lipinski definition) is 7. The number of fused-ring (bicyclic) bond motifs is 3. The minimum Gasteiger partial charge on any atom is -0.508 e. The lowest BCUT2D eigenvalue weighted by Gasteiger charge is -2.50. The van der Waals surface area contributed by atoms with Crippen molar-refractivity contribution in [1.29, 1.82) is 0 Å². The second kappa shape index (κ2) is 10.7. The summed E-state index contributed by atoms with van der Waals surface area (Å²) in [6.45, 7) is 2.76. The number of piperidine rings is 1. The number of phenols is 1. The van der Waals surface area contributed by atoms with Gasteiger partial charge in [0.05, 0.1) is 17.2 Å². The predicted molar refractivity (Wildman–Crippen MR) is 170 cm³/mol. The maximum absolute atomic E-state index is 16.8. The number of hydrogen-bond donors (Lipinski definition) is 2. The van der Waals surface area contributed by atoms with Gasteiger partial charge in [-0.3, -0.25) is 4.90 Å². The standard InChI is InChI=1S/C36H35F3N4O3/c1-2-25-29(38)7-4-21-14-23(44)15-28(30(21)25)26-5-6-27-32(31(26)39)40-34(46-20-36-8-3-11-43(36)19-22(37)16-36)41-33(27)42-12-9-35(10-13-42)17-24(45)18-35/h1,4-7,14-15,22,24,44-45H,3,8-13,16-20H2. The highest BCUT2D eigenvalue weighted by Crippen LogP contribution is 2.50. The Kier molecular flexibility index (Phi) is 6.85. The molecule has 10 heteroatoms. The third kappa shape index (κ3) is 4.66. The van der Waals surface area contributed by atoms with E-state index in [2.05, 4.69) is 20.7 Å². The fourth-order valence-corrected chi connectivity index (χ4v) is 8.61. The van der Waals surface area contributed by atoms with E-state index in [1.165, 1.54) is 24.3 Å². The molecule has 4 fully saturated rings. The number of anilines is 1. The highest BCUT2D eigenvalue weighted by atomic mass is 19.1. The molecule has 1 saturated carbocycles. The number of benzene rings is 3. The quantitative estimate of drug-likeness (QED) is 0.258. The second-order valence-electron chi connectivity index (χ2n) is 13.7. The number of aromatic nitrogens is 2. The van der Waals surface area contributed by atoms with Crippen LogP contribution in [0, 0.1) is 29.4 Å². The van der Waals surface area contributed by atoms with E-state index < -0.39 is 23.3 Å². The van der Waals surface area contributed by atoms with Gasteiger partial charge < -0.3 is 19.8 Å². The van der Waals surface area contributed by atoms with Crippen molar-refractivity contribution in [3.63, 3.8) is 0 Å². The molecule has 4 aliphatic rings. The van der Waals surface area contributed by atoms with Crippen molar-refractivity contribution >= 4 is 27.5 Å². The van der Waals surface area contributed by atoms with E-state index in [9.17, 15) is 19.0 Å². The average Bonchev–Trinajstić information content (AvgIpc) is 3.55. The van der Waals surface area contributed by atoms with Crippen LogP contribution in [0.2, 0.25) is 0 Å². The Balaban J connectivity index is 1.24. The van der Waals surface area contributed by atoms with E-state index in [1.807, 2.05) is 0 Å². The molecule has 0 radical (unpaired) electrons. The van der Waals surface area contributed by atoms with E-state index in [4.69, 9.17) is 16.1 Å². The van der Waals surface area contributed by atoms with Crippen LogP contribution >= 0.6 is 0 Å². The molecule has 1 aromatic heterocycles. The van der Waals surface area contributed by atoms with Crippen molar-refractivity contribution in [1.82, 2.24) is 14.9 Å². The van der Waals surface area contributed by atoms with Crippen molar-refractivity contribution in [2.24, 2.45) is 5.41 Å². The third-order valence-electron chi connectivity index (χ3n) is 10.9. The van der Waals surface area contributed by atoms with Crippen LogP contribution < -0.4 is 9.64 Å². The summed E-state index contributed by atoms with van der Waals surface area (Å²) >= 11 is 0. The van der Waals surface area contributed by atoms with Crippen molar-refractivity contribution in [2.75, 3.05) is 37.7 Å².